The summed E-state index contributed by atoms with van der Waals surface area (Å²) in [6, 6.07) is -1.26. The summed E-state index contributed by atoms with van der Waals surface area (Å²) in [6.07, 6.45) is 0. The van der Waals surface area contributed by atoms with Gasteiger partial charge in [-0.15, -0.1) is 0 Å². The highest BCUT2D eigenvalue weighted by atomic mass is 32.2. The van der Waals surface area contributed by atoms with Gasteiger partial charge in [0.2, 0.25) is 0 Å². The van der Waals surface area contributed by atoms with Gasteiger partial charge in [-0.3, -0.25) is 13.8 Å². The van der Waals surface area contributed by atoms with Crippen molar-refractivity contribution in [3.05, 3.63) is 0 Å². The van der Waals surface area contributed by atoms with Crippen molar-refractivity contribution in [2.24, 2.45) is 5.73 Å². The lowest BCUT2D eigenvalue weighted by Crippen LogP contribution is -2.36. The summed E-state index contributed by atoms with van der Waals surface area (Å²) >= 11 is 0. The van der Waals surface area contributed by atoms with E-state index in [2.05, 4.69) is 0 Å². The number of carboxylic acids is 2. The lowest BCUT2D eigenvalue weighted by molar-refractivity contribution is -0.138. The van der Waals surface area contributed by atoms with Gasteiger partial charge in [0, 0.05) is 10.8 Å². The molecular formula is C5H9NO5S. The van der Waals surface area contributed by atoms with E-state index in [1.165, 1.54) is 0 Å². The van der Waals surface area contributed by atoms with Gasteiger partial charge in [-0.25, -0.2) is 0 Å². The van der Waals surface area contributed by atoms with Crippen LogP contribution in [0.1, 0.15) is 0 Å². The van der Waals surface area contributed by atoms with E-state index in [1.54, 1.807) is 0 Å². The third-order valence-electron chi connectivity index (χ3n) is 0.967. The minimum Gasteiger partial charge on any atom is -0.481 e. The molecule has 70 valence electrons. The molecule has 0 heterocycles. The fourth-order valence-corrected chi connectivity index (χ4v) is 1.40. The second-order valence-electron chi connectivity index (χ2n) is 2.09. The van der Waals surface area contributed by atoms with Crippen LogP contribution in [-0.2, 0) is 20.4 Å². The van der Waals surface area contributed by atoms with E-state index < -0.39 is 34.5 Å². The maximum atomic E-state index is 10.8. The molecule has 0 aliphatic rings. The summed E-state index contributed by atoms with van der Waals surface area (Å²) < 4.78 is 10.8. The number of nitrogens with two attached hydrogens (primary N) is 1. The molecule has 0 fully saturated rings. The molecule has 0 radical (unpaired) electrons. The van der Waals surface area contributed by atoms with Crippen LogP contribution in [0.5, 0.6) is 0 Å². The Morgan fingerprint density at radius 3 is 2.25 bits per heavy atom. The highest BCUT2D eigenvalue weighted by Crippen LogP contribution is 1.87. The summed E-state index contributed by atoms with van der Waals surface area (Å²) in [7, 11) is -1.71. The predicted molar refractivity (Wildman–Crippen MR) is 41.1 cm³/mol. The zero-order chi connectivity index (χ0) is 9.72. The molecule has 0 unspecified atom stereocenters. The highest BCUT2D eigenvalue weighted by molar-refractivity contribution is 7.85. The average Bonchev–Trinajstić information content (AvgIpc) is 1.84. The topological polar surface area (TPSA) is 118 Å². The van der Waals surface area contributed by atoms with E-state index in [0.717, 1.165) is 0 Å². The van der Waals surface area contributed by atoms with Crippen molar-refractivity contribution in [2.45, 2.75) is 6.04 Å². The molecule has 0 spiro atoms. The summed E-state index contributed by atoms with van der Waals surface area (Å²) in [5.41, 5.74) is 5.01. The first kappa shape index (κ1) is 11.1. The first-order valence-electron chi connectivity index (χ1n) is 2.98. The zero-order valence-electron chi connectivity index (χ0n) is 6.10. The Morgan fingerprint density at radius 2 is 1.92 bits per heavy atom. The van der Waals surface area contributed by atoms with Gasteiger partial charge in [0.05, 0.1) is 5.75 Å². The van der Waals surface area contributed by atoms with Crippen molar-refractivity contribution < 1.29 is 24.0 Å². The lowest BCUT2D eigenvalue weighted by Gasteiger charge is -2.03. The van der Waals surface area contributed by atoms with Crippen molar-refractivity contribution in [2.75, 3.05) is 11.5 Å². The van der Waals surface area contributed by atoms with Crippen LogP contribution in [0.3, 0.4) is 0 Å². The van der Waals surface area contributed by atoms with Crippen LogP contribution >= 0.6 is 0 Å². The molecule has 0 aliphatic heterocycles. The lowest BCUT2D eigenvalue weighted by atomic mass is 10.4. The van der Waals surface area contributed by atoms with Crippen molar-refractivity contribution in [3.8, 4) is 0 Å². The van der Waals surface area contributed by atoms with Gasteiger partial charge in [-0.05, 0) is 0 Å². The van der Waals surface area contributed by atoms with Gasteiger partial charge in [0.15, 0.2) is 0 Å². The summed E-state index contributed by atoms with van der Waals surface area (Å²) in [5.74, 6) is -3.41. The Morgan fingerprint density at radius 1 is 1.42 bits per heavy atom. The third kappa shape index (κ3) is 4.80. The van der Waals surface area contributed by atoms with Crippen LogP contribution in [0.15, 0.2) is 0 Å². The molecule has 12 heavy (non-hydrogen) atoms. The second kappa shape index (κ2) is 4.83. The molecule has 0 amide bonds. The van der Waals surface area contributed by atoms with E-state index in [4.69, 9.17) is 15.9 Å². The maximum absolute atomic E-state index is 10.8. The molecule has 0 aromatic heterocycles. The zero-order valence-corrected chi connectivity index (χ0v) is 6.91. The molecule has 6 nitrogen and oxygen atoms in total. The Kier molecular flexibility index (Phi) is 4.45. The van der Waals surface area contributed by atoms with Gasteiger partial charge >= 0.3 is 11.9 Å². The molecule has 0 bridgehead atoms. The van der Waals surface area contributed by atoms with E-state index >= 15 is 0 Å². The number of carbonyl (C=O) groups is 2. The number of hydrogen-bond acceptors (Lipinski definition) is 4. The van der Waals surface area contributed by atoms with Crippen LogP contribution in [0, 0.1) is 0 Å². The molecule has 2 atom stereocenters. The summed E-state index contributed by atoms with van der Waals surface area (Å²) in [4.78, 5) is 20.1. The fraction of sp³-hybridized carbons (Fsp3) is 0.600. The SMILES string of the molecule is N[C@@H](C[S@](=O)CC(=O)O)C(=O)O. The summed E-state index contributed by atoms with van der Waals surface area (Å²) in [6.45, 7) is 0. The first-order valence-corrected chi connectivity index (χ1v) is 4.47. The Labute approximate surface area is 70.8 Å². The van der Waals surface area contributed by atoms with Crippen molar-refractivity contribution in [3.63, 3.8) is 0 Å². The van der Waals surface area contributed by atoms with Crippen molar-refractivity contribution in [1.29, 1.82) is 0 Å². The maximum Gasteiger partial charge on any atom is 0.321 e. The molecule has 4 N–H and O–H groups in total. The number of aliphatic carboxylic acids is 2. The summed E-state index contributed by atoms with van der Waals surface area (Å²) in [5, 5.41) is 16.4. The minimum atomic E-state index is -1.71. The van der Waals surface area contributed by atoms with Crippen molar-refractivity contribution >= 4 is 22.7 Å². The molecule has 0 saturated carbocycles. The van der Waals surface area contributed by atoms with Gasteiger partial charge in [-0.2, -0.15) is 0 Å². The van der Waals surface area contributed by atoms with Crippen LogP contribution < -0.4 is 5.73 Å². The molecular weight excluding hydrogens is 186 g/mol. The second-order valence-corrected chi connectivity index (χ2v) is 3.59. The molecule has 0 aromatic rings. The van der Waals surface area contributed by atoms with E-state index in [9.17, 15) is 13.8 Å². The molecule has 0 aliphatic carbocycles. The van der Waals surface area contributed by atoms with Crippen LogP contribution in [0.25, 0.3) is 0 Å². The van der Waals surface area contributed by atoms with Crippen LogP contribution in [-0.4, -0.2) is 43.9 Å². The highest BCUT2D eigenvalue weighted by Gasteiger charge is 2.16. The Bertz CT molecular complexity index is 216. The number of hydrogen-bond donors (Lipinski definition) is 3. The minimum absolute atomic E-state index is 0.332. The van der Waals surface area contributed by atoms with Crippen LogP contribution in [0.4, 0.5) is 0 Å². The van der Waals surface area contributed by atoms with Gasteiger partial charge < -0.3 is 15.9 Å². The Hall–Kier alpha value is -0.950. The Balaban J connectivity index is 3.85. The molecule has 0 rings (SSSR count). The largest absolute Gasteiger partial charge is 0.481 e. The molecule has 0 aromatic carbocycles. The molecule has 7 heteroatoms. The number of carboxylic acid groups (broad SMARTS) is 2. The van der Waals surface area contributed by atoms with Gasteiger partial charge in [0.25, 0.3) is 0 Å². The molecule has 0 saturated heterocycles. The fourth-order valence-electron chi connectivity index (χ4n) is 0.468. The van der Waals surface area contributed by atoms with Crippen LogP contribution in [0.2, 0.25) is 0 Å². The van der Waals surface area contributed by atoms with Gasteiger partial charge in [-0.1, -0.05) is 0 Å². The van der Waals surface area contributed by atoms with Gasteiger partial charge in [0.1, 0.15) is 11.8 Å². The standard InChI is InChI=1S/C5H9NO5S/c6-3(5(9)10)1-12(11)2-4(7)8/h3H,1-2,6H2,(H,7,8)(H,9,10)/t3-,12-/m0/s1. The van der Waals surface area contributed by atoms with E-state index in [0.29, 0.717) is 0 Å². The first-order chi connectivity index (χ1) is 5.43. The van der Waals surface area contributed by atoms with E-state index in [-0.39, 0.29) is 5.75 Å². The average molecular weight is 195 g/mol. The smallest absolute Gasteiger partial charge is 0.321 e. The monoisotopic (exact) mass is 195 g/mol. The number of rotatable bonds is 5. The quantitative estimate of drug-likeness (QED) is 0.478. The normalized spacial score (nSPS) is 15.1. The van der Waals surface area contributed by atoms with E-state index in [1.807, 2.05) is 0 Å². The predicted octanol–water partition coefficient (Wildman–Crippen LogP) is -1.77. The van der Waals surface area contributed by atoms with Crippen molar-refractivity contribution in [1.82, 2.24) is 0 Å². The third-order valence-corrected chi connectivity index (χ3v) is 2.27.